The summed E-state index contributed by atoms with van der Waals surface area (Å²) < 4.78 is 2.28. The summed E-state index contributed by atoms with van der Waals surface area (Å²) in [5.41, 5.74) is 2.19. The number of carbonyl (C=O) groups is 1. The molecular weight excluding hydrogens is 306 g/mol. The average Bonchev–Trinajstić information content (AvgIpc) is 3.16. The van der Waals surface area contributed by atoms with Gasteiger partial charge < -0.3 is 9.88 Å². The van der Waals surface area contributed by atoms with Crippen molar-refractivity contribution in [3.8, 4) is 0 Å². The standard InChI is InChI=1S/C18H21N3OS/c1-13(2)12-21-15-7-4-3-6-14(15)20-17(21)9-10-19-18(22)16-8-5-11-23-16/h3-8,11,13H,9-10,12H2,1-2H3,(H,19,22). The molecule has 5 heteroatoms. The van der Waals surface area contributed by atoms with E-state index in [1.54, 1.807) is 0 Å². The molecule has 0 aliphatic heterocycles. The Bertz CT molecular complexity index is 790. The number of hydrogen-bond acceptors (Lipinski definition) is 3. The average molecular weight is 327 g/mol. The van der Waals surface area contributed by atoms with E-state index in [1.807, 2.05) is 35.7 Å². The third-order valence-corrected chi connectivity index (χ3v) is 4.53. The third kappa shape index (κ3) is 3.62. The molecular formula is C18H21N3OS. The highest BCUT2D eigenvalue weighted by Crippen LogP contribution is 2.18. The molecule has 0 atom stereocenters. The largest absolute Gasteiger partial charge is 0.351 e. The maximum absolute atomic E-state index is 12.0. The summed E-state index contributed by atoms with van der Waals surface area (Å²) in [6.07, 6.45) is 0.735. The fraction of sp³-hybridized carbons (Fsp3) is 0.333. The minimum atomic E-state index is -0.00785. The topological polar surface area (TPSA) is 46.9 Å². The van der Waals surface area contributed by atoms with Crippen LogP contribution in [0.5, 0.6) is 0 Å². The van der Waals surface area contributed by atoms with Gasteiger partial charge in [0.2, 0.25) is 0 Å². The van der Waals surface area contributed by atoms with Crippen LogP contribution >= 0.6 is 11.3 Å². The van der Waals surface area contributed by atoms with Crippen LogP contribution in [0.4, 0.5) is 0 Å². The van der Waals surface area contributed by atoms with Gasteiger partial charge in [-0.25, -0.2) is 4.98 Å². The van der Waals surface area contributed by atoms with Gasteiger partial charge in [0.1, 0.15) is 5.82 Å². The van der Waals surface area contributed by atoms with Crippen LogP contribution in [-0.2, 0) is 13.0 Å². The molecule has 0 fully saturated rings. The molecule has 0 radical (unpaired) electrons. The summed E-state index contributed by atoms with van der Waals surface area (Å²) in [6, 6.07) is 11.9. The van der Waals surface area contributed by atoms with Gasteiger partial charge in [-0.2, -0.15) is 0 Å². The molecule has 1 aromatic carbocycles. The molecule has 120 valence electrons. The smallest absolute Gasteiger partial charge is 0.261 e. The van der Waals surface area contributed by atoms with E-state index in [4.69, 9.17) is 4.98 Å². The number of hydrogen-bond donors (Lipinski definition) is 1. The first kappa shape index (κ1) is 15.7. The van der Waals surface area contributed by atoms with Gasteiger partial charge in [0.25, 0.3) is 5.91 Å². The molecule has 1 amide bonds. The van der Waals surface area contributed by atoms with E-state index < -0.39 is 0 Å². The molecule has 0 saturated carbocycles. The minimum Gasteiger partial charge on any atom is -0.351 e. The van der Waals surface area contributed by atoms with Gasteiger partial charge in [-0.05, 0) is 29.5 Å². The van der Waals surface area contributed by atoms with Crippen LogP contribution in [0.25, 0.3) is 11.0 Å². The van der Waals surface area contributed by atoms with E-state index in [1.165, 1.54) is 16.9 Å². The number of imidazole rings is 1. The number of thiophene rings is 1. The molecule has 4 nitrogen and oxygen atoms in total. The zero-order valence-electron chi connectivity index (χ0n) is 13.5. The van der Waals surface area contributed by atoms with Crippen molar-refractivity contribution in [2.75, 3.05) is 6.54 Å². The molecule has 1 N–H and O–H groups in total. The molecule has 0 unspecified atom stereocenters. The van der Waals surface area contributed by atoms with Crippen molar-refractivity contribution in [3.05, 3.63) is 52.5 Å². The van der Waals surface area contributed by atoms with Gasteiger partial charge in [-0.15, -0.1) is 11.3 Å². The lowest BCUT2D eigenvalue weighted by molar-refractivity contribution is 0.0958. The molecule has 0 aliphatic rings. The van der Waals surface area contributed by atoms with Crippen molar-refractivity contribution >= 4 is 28.3 Å². The Hall–Kier alpha value is -2.14. The van der Waals surface area contributed by atoms with Crippen LogP contribution < -0.4 is 5.32 Å². The van der Waals surface area contributed by atoms with Crippen molar-refractivity contribution in [2.45, 2.75) is 26.8 Å². The summed E-state index contributed by atoms with van der Waals surface area (Å²) in [6.45, 7) is 5.95. The van der Waals surface area contributed by atoms with Crippen molar-refractivity contribution in [1.82, 2.24) is 14.9 Å². The van der Waals surface area contributed by atoms with E-state index in [0.717, 1.165) is 29.2 Å². The molecule has 0 saturated heterocycles. The second-order valence-electron chi connectivity index (χ2n) is 6.00. The summed E-state index contributed by atoms with van der Waals surface area (Å²) >= 11 is 1.46. The molecule has 0 spiro atoms. The SMILES string of the molecule is CC(C)Cn1c(CCNC(=O)c2cccs2)nc2ccccc21. The van der Waals surface area contributed by atoms with E-state index in [-0.39, 0.29) is 5.91 Å². The molecule has 3 aromatic rings. The molecule has 2 heterocycles. The van der Waals surface area contributed by atoms with Crippen LogP contribution in [0.1, 0.15) is 29.3 Å². The zero-order chi connectivity index (χ0) is 16.2. The van der Waals surface area contributed by atoms with Crippen molar-refractivity contribution in [1.29, 1.82) is 0 Å². The second kappa shape index (κ2) is 6.96. The Kier molecular flexibility index (Phi) is 4.76. The monoisotopic (exact) mass is 327 g/mol. The predicted octanol–water partition coefficient (Wildman–Crippen LogP) is 3.73. The first-order valence-corrected chi connectivity index (χ1v) is 8.79. The van der Waals surface area contributed by atoms with Crippen LogP contribution in [0.3, 0.4) is 0 Å². The van der Waals surface area contributed by atoms with E-state index >= 15 is 0 Å². The fourth-order valence-corrected chi connectivity index (χ4v) is 3.31. The first-order valence-electron chi connectivity index (χ1n) is 7.91. The number of fused-ring (bicyclic) bond motifs is 1. The van der Waals surface area contributed by atoms with Crippen LogP contribution in [-0.4, -0.2) is 22.0 Å². The highest BCUT2D eigenvalue weighted by molar-refractivity contribution is 7.12. The lowest BCUT2D eigenvalue weighted by atomic mass is 10.2. The minimum absolute atomic E-state index is 0.00785. The normalized spacial score (nSPS) is 11.3. The predicted molar refractivity (Wildman–Crippen MR) is 94.9 cm³/mol. The number of amides is 1. The van der Waals surface area contributed by atoms with Gasteiger partial charge in [0, 0.05) is 19.5 Å². The highest BCUT2D eigenvalue weighted by atomic mass is 32.1. The van der Waals surface area contributed by atoms with Gasteiger partial charge in [0.05, 0.1) is 15.9 Å². The Morgan fingerprint density at radius 3 is 2.83 bits per heavy atom. The van der Waals surface area contributed by atoms with Crippen molar-refractivity contribution in [3.63, 3.8) is 0 Å². The molecule has 0 bridgehead atoms. The van der Waals surface area contributed by atoms with Crippen LogP contribution in [0.15, 0.2) is 41.8 Å². The van der Waals surface area contributed by atoms with E-state index in [9.17, 15) is 4.79 Å². The quantitative estimate of drug-likeness (QED) is 0.750. The second-order valence-corrected chi connectivity index (χ2v) is 6.95. The Morgan fingerprint density at radius 1 is 1.26 bits per heavy atom. The van der Waals surface area contributed by atoms with E-state index in [2.05, 4.69) is 29.8 Å². The Labute approximate surface area is 140 Å². The Morgan fingerprint density at radius 2 is 2.09 bits per heavy atom. The number of nitrogens with zero attached hydrogens (tertiary/aromatic N) is 2. The van der Waals surface area contributed by atoms with Gasteiger partial charge >= 0.3 is 0 Å². The third-order valence-electron chi connectivity index (χ3n) is 3.66. The lowest BCUT2D eigenvalue weighted by Gasteiger charge is -2.12. The van der Waals surface area contributed by atoms with Crippen molar-refractivity contribution < 1.29 is 4.79 Å². The first-order chi connectivity index (χ1) is 11.1. The molecule has 23 heavy (non-hydrogen) atoms. The van der Waals surface area contributed by atoms with Gasteiger partial charge in [-0.3, -0.25) is 4.79 Å². The number of benzene rings is 1. The van der Waals surface area contributed by atoms with Crippen LogP contribution in [0, 0.1) is 5.92 Å². The number of carbonyl (C=O) groups excluding carboxylic acids is 1. The number of nitrogens with one attached hydrogen (secondary N) is 1. The van der Waals surface area contributed by atoms with Crippen LogP contribution in [0.2, 0.25) is 0 Å². The Balaban J connectivity index is 1.73. The summed E-state index contributed by atoms with van der Waals surface area (Å²) in [5, 5.41) is 4.89. The maximum Gasteiger partial charge on any atom is 0.261 e. The summed E-state index contributed by atoms with van der Waals surface area (Å²) in [7, 11) is 0. The molecule has 2 aromatic heterocycles. The number of rotatable bonds is 6. The zero-order valence-corrected chi connectivity index (χ0v) is 14.3. The van der Waals surface area contributed by atoms with Gasteiger partial charge in [0.15, 0.2) is 0 Å². The highest BCUT2D eigenvalue weighted by Gasteiger charge is 2.12. The molecule has 0 aliphatic carbocycles. The van der Waals surface area contributed by atoms with Crippen molar-refractivity contribution in [2.24, 2.45) is 5.92 Å². The van der Waals surface area contributed by atoms with Gasteiger partial charge in [-0.1, -0.05) is 32.0 Å². The van der Waals surface area contributed by atoms with E-state index in [0.29, 0.717) is 12.5 Å². The maximum atomic E-state index is 12.0. The number of aromatic nitrogens is 2. The lowest BCUT2D eigenvalue weighted by Crippen LogP contribution is -2.26. The molecule has 3 rings (SSSR count). The fourth-order valence-electron chi connectivity index (χ4n) is 2.67. The number of para-hydroxylation sites is 2. The summed E-state index contributed by atoms with van der Waals surface area (Å²) in [4.78, 5) is 17.5. The summed E-state index contributed by atoms with van der Waals surface area (Å²) in [5.74, 6) is 1.57.